The average molecular weight is 361 g/mol. The topological polar surface area (TPSA) is 41.1 Å². The van der Waals surface area contributed by atoms with Crippen LogP contribution in [-0.4, -0.2) is 35.3 Å². The summed E-state index contributed by atoms with van der Waals surface area (Å²) < 4.78 is 5.26. The van der Waals surface area contributed by atoms with Crippen molar-refractivity contribution in [2.24, 2.45) is 0 Å². The van der Waals surface area contributed by atoms with E-state index in [1.165, 1.54) is 40.8 Å². The van der Waals surface area contributed by atoms with E-state index in [-0.39, 0.29) is 0 Å². The third kappa shape index (κ3) is 4.06. The maximum Gasteiger partial charge on any atom is 0.118 e. The molecule has 2 aromatic carbocycles. The van der Waals surface area contributed by atoms with Gasteiger partial charge in [-0.15, -0.1) is 0 Å². The van der Waals surface area contributed by atoms with Crippen molar-refractivity contribution in [1.82, 2.24) is 15.1 Å². The molecule has 140 valence electrons. The van der Waals surface area contributed by atoms with Crippen molar-refractivity contribution < 1.29 is 4.74 Å². The minimum Gasteiger partial charge on any atom is -0.497 e. The van der Waals surface area contributed by atoms with Crippen molar-refractivity contribution in [2.75, 3.05) is 20.2 Å². The molecule has 4 nitrogen and oxygen atoms in total. The molecule has 1 N–H and O–H groups in total. The number of aromatic nitrogens is 2. The van der Waals surface area contributed by atoms with Gasteiger partial charge in [0, 0.05) is 30.3 Å². The average Bonchev–Trinajstić information content (AvgIpc) is 3.19. The lowest BCUT2D eigenvalue weighted by Crippen LogP contribution is -2.34. The largest absolute Gasteiger partial charge is 0.497 e. The summed E-state index contributed by atoms with van der Waals surface area (Å²) in [5, 5.41) is 7.66. The predicted octanol–water partition coefficient (Wildman–Crippen LogP) is 4.77. The molecule has 0 unspecified atom stereocenters. The van der Waals surface area contributed by atoms with E-state index in [0.29, 0.717) is 5.92 Å². The van der Waals surface area contributed by atoms with Gasteiger partial charge in [-0.2, -0.15) is 5.10 Å². The van der Waals surface area contributed by atoms with Gasteiger partial charge in [0.2, 0.25) is 0 Å². The summed E-state index contributed by atoms with van der Waals surface area (Å²) in [7, 11) is 1.71. The molecule has 4 rings (SSSR count). The molecule has 0 bridgehead atoms. The summed E-state index contributed by atoms with van der Waals surface area (Å²) in [6.07, 6.45) is 4.40. The second kappa shape index (κ2) is 7.97. The summed E-state index contributed by atoms with van der Waals surface area (Å²) in [5.41, 5.74) is 6.38. The quantitative estimate of drug-likeness (QED) is 0.711. The molecule has 1 aromatic heterocycles. The van der Waals surface area contributed by atoms with Crippen LogP contribution in [0.5, 0.6) is 5.75 Å². The number of hydrogen-bond acceptors (Lipinski definition) is 3. The Bertz CT molecular complexity index is 867. The van der Waals surface area contributed by atoms with Crippen LogP contribution in [0.25, 0.3) is 11.1 Å². The minimum absolute atomic E-state index is 0.496. The summed E-state index contributed by atoms with van der Waals surface area (Å²) in [5.74, 6) is 1.41. The molecule has 27 heavy (non-hydrogen) atoms. The number of nitrogens with zero attached hydrogens (tertiary/aromatic N) is 2. The molecular weight excluding hydrogens is 334 g/mol. The van der Waals surface area contributed by atoms with Gasteiger partial charge < -0.3 is 4.74 Å². The predicted molar refractivity (Wildman–Crippen MR) is 109 cm³/mol. The van der Waals surface area contributed by atoms with Crippen molar-refractivity contribution in [3.8, 4) is 16.9 Å². The van der Waals surface area contributed by atoms with Crippen LogP contribution in [-0.2, 0) is 6.54 Å². The SMILES string of the molecule is COc1ccc(CN2CCC[C@@H](c3[nH]ncc3-c3ccc(C)cc3)C2)cc1. The zero-order valence-electron chi connectivity index (χ0n) is 16.1. The van der Waals surface area contributed by atoms with Crippen molar-refractivity contribution in [3.05, 3.63) is 71.5 Å². The van der Waals surface area contributed by atoms with Crippen molar-refractivity contribution in [3.63, 3.8) is 0 Å². The molecule has 4 heteroatoms. The fourth-order valence-electron chi connectivity index (χ4n) is 3.99. The number of methoxy groups -OCH3 is 1. The van der Waals surface area contributed by atoms with Crippen LogP contribution in [0.4, 0.5) is 0 Å². The molecule has 1 fully saturated rings. The van der Waals surface area contributed by atoms with Gasteiger partial charge >= 0.3 is 0 Å². The van der Waals surface area contributed by atoms with Gasteiger partial charge in [0.05, 0.1) is 13.3 Å². The van der Waals surface area contributed by atoms with E-state index in [2.05, 4.69) is 58.4 Å². The van der Waals surface area contributed by atoms with Crippen LogP contribution in [0.15, 0.2) is 54.7 Å². The van der Waals surface area contributed by atoms with E-state index < -0.39 is 0 Å². The molecule has 1 aliphatic rings. The highest BCUT2D eigenvalue weighted by Crippen LogP contribution is 2.33. The first-order valence-electron chi connectivity index (χ1n) is 9.68. The molecule has 1 aliphatic heterocycles. The fourth-order valence-corrected chi connectivity index (χ4v) is 3.99. The van der Waals surface area contributed by atoms with Gasteiger partial charge in [-0.05, 0) is 49.6 Å². The zero-order chi connectivity index (χ0) is 18.6. The first kappa shape index (κ1) is 17.8. The molecule has 0 saturated carbocycles. The van der Waals surface area contributed by atoms with Crippen LogP contribution < -0.4 is 4.74 Å². The zero-order valence-corrected chi connectivity index (χ0v) is 16.1. The van der Waals surface area contributed by atoms with E-state index in [4.69, 9.17) is 4.74 Å². The van der Waals surface area contributed by atoms with Gasteiger partial charge in [0.1, 0.15) is 5.75 Å². The molecule has 0 spiro atoms. The number of aryl methyl sites for hydroxylation is 1. The van der Waals surface area contributed by atoms with E-state index in [0.717, 1.165) is 25.4 Å². The van der Waals surface area contributed by atoms with Crippen molar-refractivity contribution >= 4 is 0 Å². The Kier molecular flexibility index (Phi) is 5.26. The van der Waals surface area contributed by atoms with E-state index in [1.807, 2.05) is 18.3 Å². The Hall–Kier alpha value is -2.59. The van der Waals surface area contributed by atoms with E-state index in [1.54, 1.807) is 7.11 Å². The summed E-state index contributed by atoms with van der Waals surface area (Å²) >= 11 is 0. The third-order valence-corrected chi connectivity index (χ3v) is 5.51. The summed E-state index contributed by atoms with van der Waals surface area (Å²) in [6, 6.07) is 17.1. The number of ether oxygens (including phenoxy) is 1. The molecular formula is C23H27N3O. The molecule has 1 saturated heterocycles. The highest BCUT2D eigenvalue weighted by atomic mass is 16.5. The van der Waals surface area contributed by atoms with Crippen molar-refractivity contribution in [1.29, 1.82) is 0 Å². The van der Waals surface area contributed by atoms with Gasteiger partial charge in [0.25, 0.3) is 0 Å². The van der Waals surface area contributed by atoms with Gasteiger partial charge in [-0.25, -0.2) is 0 Å². The maximum atomic E-state index is 5.26. The lowest BCUT2D eigenvalue weighted by molar-refractivity contribution is 0.198. The Morgan fingerprint density at radius 3 is 2.63 bits per heavy atom. The monoisotopic (exact) mass is 361 g/mol. The maximum absolute atomic E-state index is 5.26. The summed E-state index contributed by atoms with van der Waals surface area (Å²) in [4.78, 5) is 2.55. The molecule has 0 radical (unpaired) electrons. The van der Waals surface area contributed by atoms with Crippen LogP contribution in [0, 0.1) is 6.92 Å². The first-order valence-corrected chi connectivity index (χ1v) is 9.68. The van der Waals surface area contributed by atoms with Crippen LogP contribution >= 0.6 is 0 Å². The molecule has 3 aromatic rings. The Balaban J connectivity index is 1.48. The fraction of sp³-hybridized carbons (Fsp3) is 0.348. The molecule has 1 atom stereocenters. The lowest BCUT2D eigenvalue weighted by Gasteiger charge is -2.32. The van der Waals surface area contributed by atoms with E-state index in [9.17, 15) is 0 Å². The van der Waals surface area contributed by atoms with Crippen LogP contribution in [0.1, 0.15) is 35.6 Å². The van der Waals surface area contributed by atoms with E-state index >= 15 is 0 Å². The van der Waals surface area contributed by atoms with Gasteiger partial charge in [-0.1, -0.05) is 42.0 Å². The molecule has 0 aliphatic carbocycles. The Labute approximate surface area is 161 Å². The standard InChI is InChI=1S/C23H27N3O/c1-17-5-9-19(10-6-17)22-14-24-25-23(22)20-4-3-13-26(16-20)15-18-7-11-21(27-2)12-8-18/h5-12,14,20H,3-4,13,15-16H2,1-2H3,(H,24,25)/t20-/m1/s1. The number of hydrogen-bond donors (Lipinski definition) is 1. The number of nitrogens with one attached hydrogen (secondary N) is 1. The lowest BCUT2D eigenvalue weighted by atomic mass is 9.90. The minimum atomic E-state index is 0.496. The number of aromatic amines is 1. The van der Waals surface area contributed by atoms with Gasteiger partial charge in [-0.3, -0.25) is 10.00 Å². The smallest absolute Gasteiger partial charge is 0.118 e. The highest BCUT2D eigenvalue weighted by Gasteiger charge is 2.25. The Morgan fingerprint density at radius 2 is 1.89 bits per heavy atom. The number of rotatable bonds is 5. The number of piperidine rings is 1. The molecule has 2 heterocycles. The number of benzene rings is 2. The second-order valence-corrected chi connectivity index (χ2v) is 7.49. The first-order chi connectivity index (χ1) is 13.2. The highest BCUT2D eigenvalue weighted by molar-refractivity contribution is 5.66. The van der Waals surface area contributed by atoms with Gasteiger partial charge in [0.15, 0.2) is 0 Å². The summed E-state index contributed by atoms with van der Waals surface area (Å²) in [6.45, 7) is 5.32. The molecule has 0 amide bonds. The normalized spacial score (nSPS) is 17.8. The van der Waals surface area contributed by atoms with Crippen molar-refractivity contribution in [2.45, 2.75) is 32.2 Å². The Morgan fingerprint density at radius 1 is 1.11 bits per heavy atom. The second-order valence-electron chi connectivity index (χ2n) is 7.49. The third-order valence-electron chi connectivity index (χ3n) is 5.51. The van der Waals surface area contributed by atoms with Crippen LogP contribution in [0.3, 0.4) is 0 Å². The number of likely N-dealkylation sites (tertiary alicyclic amines) is 1. The number of H-pyrrole nitrogens is 1. The van der Waals surface area contributed by atoms with Crippen LogP contribution in [0.2, 0.25) is 0 Å².